The number of ether oxygens (including phenoxy) is 1. The summed E-state index contributed by atoms with van der Waals surface area (Å²) in [6.07, 6.45) is 2.85. The number of amides is 1. The summed E-state index contributed by atoms with van der Waals surface area (Å²) in [5.74, 6) is -0.491. The minimum Gasteiger partial charge on any atom is -0.463 e. The van der Waals surface area contributed by atoms with Gasteiger partial charge in [0.25, 0.3) is 0 Å². The maximum atomic E-state index is 12.1. The van der Waals surface area contributed by atoms with Gasteiger partial charge in [-0.3, -0.25) is 4.79 Å². The van der Waals surface area contributed by atoms with Crippen LogP contribution in [0.3, 0.4) is 0 Å². The van der Waals surface area contributed by atoms with Crippen molar-refractivity contribution in [2.75, 3.05) is 13.2 Å². The number of likely N-dealkylation sites (tertiary alicyclic amines) is 1. The van der Waals surface area contributed by atoms with Crippen molar-refractivity contribution in [1.29, 1.82) is 0 Å². The van der Waals surface area contributed by atoms with Crippen LogP contribution in [0.4, 0.5) is 0 Å². The van der Waals surface area contributed by atoms with Gasteiger partial charge >= 0.3 is 5.97 Å². The molecule has 1 unspecified atom stereocenters. The Hall–Kier alpha value is -1.78. The number of carbonyl (C=O) groups excluding carboxylic acids is 2. The van der Waals surface area contributed by atoms with E-state index in [2.05, 4.69) is 6.58 Å². The van der Waals surface area contributed by atoms with Gasteiger partial charge in [-0.2, -0.15) is 0 Å². The number of carbonyl (C=O) groups is 2. The molecule has 0 aromatic rings. The first-order chi connectivity index (χ1) is 8.88. The van der Waals surface area contributed by atoms with Crippen molar-refractivity contribution in [2.24, 2.45) is 5.73 Å². The van der Waals surface area contributed by atoms with Gasteiger partial charge in [-0.05, 0) is 27.2 Å². The number of nitrogens with zero attached hydrogens (tertiary/aromatic N) is 1. The maximum absolute atomic E-state index is 12.1. The van der Waals surface area contributed by atoms with Crippen molar-refractivity contribution in [3.05, 3.63) is 23.9 Å². The van der Waals surface area contributed by atoms with Gasteiger partial charge < -0.3 is 15.4 Å². The van der Waals surface area contributed by atoms with Gasteiger partial charge in [-0.25, -0.2) is 4.79 Å². The normalized spacial score (nSPS) is 19.7. The Morgan fingerprint density at radius 2 is 2.26 bits per heavy atom. The Morgan fingerprint density at radius 3 is 2.63 bits per heavy atom. The lowest BCUT2D eigenvalue weighted by Gasteiger charge is -2.37. The molecule has 0 aliphatic carbocycles. The van der Waals surface area contributed by atoms with Gasteiger partial charge in [0.05, 0.1) is 17.7 Å². The molecule has 2 N–H and O–H groups in total. The van der Waals surface area contributed by atoms with Crippen LogP contribution in [-0.4, -0.2) is 35.5 Å². The standard InChI is InChI=1S/C14H22N2O3/c1-5-14(4,16-9-7-8-11(16)17)12(10(3)15)13(18)19-6-2/h5H,1,6-9,15H2,2-4H3. The van der Waals surface area contributed by atoms with E-state index < -0.39 is 11.5 Å². The minimum atomic E-state index is -0.918. The van der Waals surface area contributed by atoms with Crippen LogP contribution in [0.15, 0.2) is 23.9 Å². The zero-order valence-corrected chi connectivity index (χ0v) is 11.9. The van der Waals surface area contributed by atoms with E-state index in [-0.39, 0.29) is 12.5 Å². The van der Waals surface area contributed by atoms with Crippen LogP contribution in [0.1, 0.15) is 33.6 Å². The van der Waals surface area contributed by atoms with E-state index in [0.717, 1.165) is 6.42 Å². The largest absolute Gasteiger partial charge is 0.463 e. The lowest BCUT2D eigenvalue weighted by atomic mass is 9.88. The van der Waals surface area contributed by atoms with Gasteiger partial charge in [0, 0.05) is 18.7 Å². The highest BCUT2D eigenvalue weighted by Gasteiger charge is 2.42. The predicted octanol–water partition coefficient (Wildman–Crippen LogP) is 1.35. The van der Waals surface area contributed by atoms with Crippen LogP contribution in [0.25, 0.3) is 0 Å². The third-order valence-corrected chi connectivity index (χ3v) is 3.41. The molecule has 1 heterocycles. The summed E-state index contributed by atoms with van der Waals surface area (Å²) in [6, 6.07) is 0. The van der Waals surface area contributed by atoms with Gasteiger partial charge in [0.1, 0.15) is 0 Å². The third-order valence-electron chi connectivity index (χ3n) is 3.41. The molecule has 19 heavy (non-hydrogen) atoms. The summed E-state index contributed by atoms with van der Waals surface area (Å²) in [5.41, 5.74) is 5.56. The van der Waals surface area contributed by atoms with E-state index in [0.29, 0.717) is 24.2 Å². The van der Waals surface area contributed by atoms with Crippen molar-refractivity contribution in [1.82, 2.24) is 4.90 Å². The summed E-state index contributed by atoms with van der Waals surface area (Å²) in [6.45, 7) is 9.75. The van der Waals surface area contributed by atoms with Crippen molar-refractivity contribution in [3.63, 3.8) is 0 Å². The zero-order chi connectivity index (χ0) is 14.6. The second kappa shape index (κ2) is 5.91. The molecule has 1 fully saturated rings. The molecule has 1 atom stereocenters. The number of esters is 1. The van der Waals surface area contributed by atoms with Crippen LogP contribution in [0.2, 0.25) is 0 Å². The van der Waals surface area contributed by atoms with E-state index in [1.54, 1.807) is 31.7 Å². The van der Waals surface area contributed by atoms with E-state index in [9.17, 15) is 9.59 Å². The average molecular weight is 266 g/mol. The summed E-state index contributed by atoms with van der Waals surface area (Å²) in [4.78, 5) is 25.7. The smallest absolute Gasteiger partial charge is 0.338 e. The van der Waals surface area contributed by atoms with Gasteiger partial charge in [-0.15, -0.1) is 6.58 Å². The van der Waals surface area contributed by atoms with Gasteiger partial charge in [0.15, 0.2) is 0 Å². The molecule has 0 radical (unpaired) electrons. The Kier molecular flexibility index (Phi) is 4.75. The SMILES string of the molecule is C=CC(C)(C(C(=O)OCC)=C(C)N)N1CCCC1=O. The molecule has 0 aromatic heterocycles. The van der Waals surface area contributed by atoms with Crippen LogP contribution in [0, 0.1) is 0 Å². The van der Waals surface area contributed by atoms with Crippen molar-refractivity contribution in [3.8, 4) is 0 Å². The molecule has 0 saturated carbocycles. The molecule has 0 aromatic carbocycles. The number of nitrogens with two attached hydrogens (primary N) is 1. The van der Waals surface area contributed by atoms with E-state index in [1.807, 2.05) is 0 Å². The van der Waals surface area contributed by atoms with E-state index >= 15 is 0 Å². The molecule has 1 aliphatic heterocycles. The Bertz CT molecular complexity index is 424. The molecule has 1 aliphatic rings. The summed E-state index contributed by atoms with van der Waals surface area (Å²) in [5, 5.41) is 0. The monoisotopic (exact) mass is 266 g/mol. The highest BCUT2D eigenvalue weighted by Crippen LogP contribution is 2.32. The average Bonchev–Trinajstić information content (AvgIpc) is 2.75. The second-order valence-corrected chi connectivity index (χ2v) is 4.78. The lowest BCUT2D eigenvalue weighted by molar-refractivity contribution is -0.140. The fraction of sp³-hybridized carbons (Fsp3) is 0.571. The second-order valence-electron chi connectivity index (χ2n) is 4.78. The lowest BCUT2D eigenvalue weighted by Crippen LogP contribution is -2.50. The molecule has 0 spiro atoms. The predicted molar refractivity (Wildman–Crippen MR) is 73.1 cm³/mol. The van der Waals surface area contributed by atoms with Gasteiger partial charge in [0.2, 0.25) is 5.91 Å². The summed E-state index contributed by atoms with van der Waals surface area (Å²) >= 11 is 0. The number of rotatable bonds is 5. The summed E-state index contributed by atoms with van der Waals surface area (Å²) < 4.78 is 5.05. The summed E-state index contributed by atoms with van der Waals surface area (Å²) in [7, 11) is 0. The molecule has 0 bridgehead atoms. The van der Waals surface area contributed by atoms with E-state index in [4.69, 9.17) is 10.5 Å². The highest BCUT2D eigenvalue weighted by atomic mass is 16.5. The first-order valence-electron chi connectivity index (χ1n) is 6.46. The van der Waals surface area contributed by atoms with Crippen LogP contribution in [-0.2, 0) is 14.3 Å². The Morgan fingerprint density at radius 1 is 1.63 bits per heavy atom. The minimum absolute atomic E-state index is 0.00504. The number of allylic oxidation sites excluding steroid dienone is 1. The van der Waals surface area contributed by atoms with Crippen LogP contribution in [0.5, 0.6) is 0 Å². The Labute approximate surface area is 114 Å². The Balaban J connectivity index is 3.24. The molecule has 5 nitrogen and oxygen atoms in total. The molecular formula is C14H22N2O3. The van der Waals surface area contributed by atoms with E-state index in [1.165, 1.54) is 0 Å². The van der Waals surface area contributed by atoms with Crippen molar-refractivity contribution >= 4 is 11.9 Å². The first kappa shape index (κ1) is 15.3. The maximum Gasteiger partial charge on any atom is 0.338 e. The number of hydrogen-bond donors (Lipinski definition) is 1. The van der Waals surface area contributed by atoms with Crippen LogP contribution < -0.4 is 5.73 Å². The van der Waals surface area contributed by atoms with Crippen molar-refractivity contribution < 1.29 is 14.3 Å². The van der Waals surface area contributed by atoms with Crippen LogP contribution >= 0.6 is 0 Å². The quantitative estimate of drug-likeness (QED) is 0.463. The highest BCUT2D eigenvalue weighted by molar-refractivity contribution is 5.94. The molecule has 1 saturated heterocycles. The van der Waals surface area contributed by atoms with Crippen molar-refractivity contribution in [2.45, 2.75) is 39.2 Å². The molecule has 1 amide bonds. The molecule has 106 valence electrons. The molecule has 5 heteroatoms. The zero-order valence-electron chi connectivity index (χ0n) is 11.9. The fourth-order valence-electron chi connectivity index (χ4n) is 2.46. The molecule has 1 rings (SSSR count). The number of hydrogen-bond acceptors (Lipinski definition) is 4. The van der Waals surface area contributed by atoms with Gasteiger partial charge in [-0.1, -0.05) is 6.08 Å². The third kappa shape index (κ3) is 2.80. The first-order valence-corrected chi connectivity index (χ1v) is 6.46. The topological polar surface area (TPSA) is 72.6 Å². The fourth-order valence-corrected chi connectivity index (χ4v) is 2.46. The molecular weight excluding hydrogens is 244 g/mol.